The van der Waals surface area contributed by atoms with Crippen LogP contribution in [0.2, 0.25) is 0 Å². The normalized spacial score (nSPS) is 10.7. The Morgan fingerprint density at radius 3 is 1.92 bits per heavy atom. The Morgan fingerprint density at radius 2 is 1.38 bits per heavy atom. The van der Waals surface area contributed by atoms with Crippen molar-refractivity contribution in [2.45, 2.75) is 25.4 Å². The van der Waals surface area contributed by atoms with Crippen LogP contribution in [-0.2, 0) is 11.3 Å². The van der Waals surface area contributed by atoms with Gasteiger partial charge in [-0.25, -0.2) is 0 Å². The molecular formula is C21H22N2O. The van der Waals surface area contributed by atoms with Crippen LogP contribution in [0.5, 0.6) is 0 Å². The van der Waals surface area contributed by atoms with E-state index in [0.717, 1.165) is 24.1 Å². The van der Waals surface area contributed by atoms with E-state index in [2.05, 4.69) is 34.1 Å². The molecule has 0 spiro atoms. The smallest absolute Gasteiger partial charge is 0.220 e. The van der Waals surface area contributed by atoms with Gasteiger partial charge in [0, 0.05) is 25.4 Å². The quantitative estimate of drug-likeness (QED) is 0.697. The summed E-state index contributed by atoms with van der Waals surface area (Å²) in [6.45, 7) is 0.863. The molecular weight excluding hydrogens is 296 g/mol. The first-order valence-electron chi connectivity index (χ1n) is 8.33. The SMILES string of the molecule is O=C(CCCn1cccc1)NC(c1ccccc1)c1ccccc1. The number of nitrogens with zero attached hydrogens (tertiary/aromatic N) is 1. The van der Waals surface area contributed by atoms with Crippen molar-refractivity contribution in [3.05, 3.63) is 96.3 Å². The van der Waals surface area contributed by atoms with Crippen molar-refractivity contribution < 1.29 is 4.79 Å². The fourth-order valence-corrected chi connectivity index (χ4v) is 2.82. The highest BCUT2D eigenvalue weighted by Crippen LogP contribution is 2.21. The Labute approximate surface area is 143 Å². The first-order chi connectivity index (χ1) is 11.8. The predicted molar refractivity (Wildman–Crippen MR) is 96.5 cm³/mol. The molecule has 1 amide bonds. The van der Waals surface area contributed by atoms with E-state index >= 15 is 0 Å². The zero-order chi connectivity index (χ0) is 16.6. The predicted octanol–water partition coefficient (Wildman–Crippen LogP) is 4.17. The maximum absolute atomic E-state index is 12.4. The molecule has 3 aromatic rings. The molecule has 0 aliphatic rings. The van der Waals surface area contributed by atoms with E-state index in [9.17, 15) is 4.79 Å². The van der Waals surface area contributed by atoms with Crippen molar-refractivity contribution in [1.82, 2.24) is 9.88 Å². The van der Waals surface area contributed by atoms with Crippen LogP contribution in [0, 0.1) is 0 Å². The number of rotatable bonds is 7. The number of nitrogens with one attached hydrogen (secondary N) is 1. The molecule has 3 nitrogen and oxygen atoms in total. The maximum atomic E-state index is 12.4. The molecule has 0 radical (unpaired) electrons. The second-order valence-electron chi connectivity index (χ2n) is 5.85. The largest absolute Gasteiger partial charge is 0.354 e. The van der Waals surface area contributed by atoms with Gasteiger partial charge in [-0.05, 0) is 29.7 Å². The molecule has 1 heterocycles. The van der Waals surface area contributed by atoms with E-state index in [0.29, 0.717) is 6.42 Å². The summed E-state index contributed by atoms with van der Waals surface area (Å²) in [5.41, 5.74) is 2.20. The minimum absolute atomic E-state index is 0.0832. The average molecular weight is 318 g/mol. The van der Waals surface area contributed by atoms with Crippen molar-refractivity contribution in [2.75, 3.05) is 0 Å². The van der Waals surface area contributed by atoms with Crippen LogP contribution in [0.4, 0.5) is 0 Å². The molecule has 3 rings (SSSR count). The van der Waals surface area contributed by atoms with Crippen LogP contribution in [0.25, 0.3) is 0 Å². The number of carbonyl (C=O) groups excluding carboxylic acids is 1. The first-order valence-corrected chi connectivity index (χ1v) is 8.33. The first kappa shape index (κ1) is 16.1. The van der Waals surface area contributed by atoms with Crippen LogP contribution in [0.15, 0.2) is 85.2 Å². The topological polar surface area (TPSA) is 34.0 Å². The summed E-state index contributed by atoms with van der Waals surface area (Å²) in [5, 5.41) is 3.18. The number of carbonyl (C=O) groups is 1. The van der Waals surface area contributed by atoms with Gasteiger partial charge in [0.15, 0.2) is 0 Å². The average Bonchev–Trinajstić information content (AvgIpc) is 3.15. The molecule has 0 fully saturated rings. The molecule has 2 aromatic carbocycles. The van der Waals surface area contributed by atoms with E-state index in [1.807, 2.05) is 60.9 Å². The molecule has 0 atom stereocenters. The monoisotopic (exact) mass is 318 g/mol. The summed E-state index contributed by atoms with van der Waals surface area (Å²) in [7, 11) is 0. The molecule has 1 aromatic heterocycles. The second kappa shape index (κ2) is 8.16. The van der Waals surface area contributed by atoms with Gasteiger partial charge in [-0.3, -0.25) is 4.79 Å². The zero-order valence-corrected chi connectivity index (χ0v) is 13.6. The van der Waals surface area contributed by atoms with Crippen LogP contribution in [0.1, 0.15) is 30.0 Å². The van der Waals surface area contributed by atoms with Crippen LogP contribution in [-0.4, -0.2) is 10.5 Å². The number of amides is 1. The van der Waals surface area contributed by atoms with Crippen molar-refractivity contribution in [3.63, 3.8) is 0 Å². The van der Waals surface area contributed by atoms with Gasteiger partial charge in [-0.15, -0.1) is 0 Å². The highest BCUT2D eigenvalue weighted by Gasteiger charge is 2.16. The molecule has 0 bridgehead atoms. The maximum Gasteiger partial charge on any atom is 0.220 e. The third-order valence-corrected chi connectivity index (χ3v) is 4.06. The fourth-order valence-electron chi connectivity index (χ4n) is 2.82. The Kier molecular flexibility index (Phi) is 5.46. The highest BCUT2D eigenvalue weighted by atomic mass is 16.1. The lowest BCUT2D eigenvalue weighted by atomic mass is 9.98. The van der Waals surface area contributed by atoms with Crippen molar-refractivity contribution >= 4 is 5.91 Å². The van der Waals surface area contributed by atoms with Gasteiger partial charge < -0.3 is 9.88 Å². The lowest BCUT2D eigenvalue weighted by molar-refractivity contribution is -0.121. The van der Waals surface area contributed by atoms with Crippen molar-refractivity contribution in [2.24, 2.45) is 0 Å². The lowest BCUT2D eigenvalue weighted by Gasteiger charge is -2.20. The lowest BCUT2D eigenvalue weighted by Crippen LogP contribution is -2.29. The minimum Gasteiger partial charge on any atom is -0.354 e. The summed E-state index contributed by atoms with van der Waals surface area (Å²) in [6.07, 6.45) is 5.40. The van der Waals surface area contributed by atoms with Crippen LogP contribution < -0.4 is 5.32 Å². The second-order valence-corrected chi connectivity index (χ2v) is 5.85. The number of hydrogen-bond donors (Lipinski definition) is 1. The van der Waals surface area contributed by atoms with Crippen molar-refractivity contribution in [1.29, 1.82) is 0 Å². The summed E-state index contributed by atoms with van der Waals surface area (Å²) in [6, 6.07) is 24.1. The molecule has 0 unspecified atom stereocenters. The highest BCUT2D eigenvalue weighted by molar-refractivity contribution is 5.77. The van der Waals surface area contributed by atoms with Crippen LogP contribution >= 0.6 is 0 Å². The summed E-state index contributed by atoms with van der Waals surface area (Å²) >= 11 is 0. The molecule has 122 valence electrons. The van der Waals surface area contributed by atoms with Crippen molar-refractivity contribution in [3.8, 4) is 0 Å². The van der Waals surface area contributed by atoms with Gasteiger partial charge in [-0.1, -0.05) is 60.7 Å². The molecule has 3 heteroatoms. The van der Waals surface area contributed by atoms with Crippen LogP contribution in [0.3, 0.4) is 0 Å². The Hall–Kier alpha value is -2.81. The molecule has 0 saturated heterocycles. The number of aryl methyl sites for hydroxylation is 1. The zero-order valence-electron chi connectivity index (χ0n) is 13.6. The molecule has 24 heavy (non-hydrogen) atoms. The number of aromatic nitrogens is 1. The summed E-state index contributed by atoms with van der Waals surface area (Å²) < 4.78 is 2.10. The van der Waals surface area contributed by atoms with Gasteiger partial charge in [0.1, 0.15) is 0 Å². The third-order valence-electron chi connectivity index (χ3n) is 4.06. The van der Waals surface area contributed by atoms with E-state index < -0.39 is 0 Å². The molecule has 1 N–H and O–H groups in total. The summed E-state index contributed by atoms with van der Waals surface area (Å²) in [4.78, 5) is 12.4. The van der Waals surface area contributed by atoms with E-state index in [1.54, 1.807) is 0 Å². The van der Waals surface area contributed by atoms with E-state index in [1.165, 1.54) is 0 Å². The fraction of sp³-hybridized carbons (Fsp3) is 0.190. The standard InChI is InChI=1S/C21H22N2O/c24-20(14-9-17-23-15-7-8-16-23)22-21(18-10-3-1-4-11-18)19-12-5-2-6-13-19/h1-8,10-13,15-16,21H,9,14,17H2,(H,22,24). The van der Waals surface area contributed by atoms with Gasteiger partial charge in [-0.2, -0.15) is 0 Å². The summed E-state index contributed by atoms with van der Waals surface area (Å²) in [5.74, 6) is 0.0832. The Morgan fingerprint density at radius 1 is 0.833 bits per heavy atom. The van der Waals surface area contributed by atoms with Gasteiger partial charge in [0.25, 0.3) is 0 Å². The minimum atomic E-state index is -0.105. The van der Waals surface area contributed by atoms with Gasteiger partial charge in [0.2, 0.25) is 5.91 Å². The molecule has 0 saturated carbocycles. The van der Waals surface area contributed by atoms with Gasteiger partial charge in [0.05, 0.1) is 6.04 Å². The Balaban J connectivity index is 1.64. The number of benzene rings is 2. The van der Waals surface area contributed by atoms with E-state index in [4.69, 9.17) is 0 Å². The van der Waals surface area contributed by atoms with Gasteiger partial charge >= 0.3 is 0 Å². The number of hydrogen-bond acceptors (Lipinski definition) is 1. The Bertz CT molecular complexity index is 697. The third kappa shape index (κ3) is 4.35. The molecule has 0 aliphatic carbocycles. The van der Waals surface area contributed by atoms with E-state index in [-0.39, 0.29) is 11.9 Å². The molecule has 0 aliphatic heterocycles.